The van der Waals surface area contributed by atoms with Gasteiger partial charge in [-0.25, -0.2) is 0 Å². The number of hydrogen-bond donors (Lipinski definition) is 0. The van der Waals surface area contributed by atoms with Crippen molar-refractivity contribution in [2.75, 3.05) is 0 Å². The van der Waals surface area contributed by atoms with Gasteiger partial charge in [0.1, 0.15) is 0 Å². The first-order valence-electron chi connectivity index (χ1n) is 5.80. The molecule has 0 aromatic heterocycles. The zero-order valence-corrected chi connectivity index (χ0v) is 11.9. The Morgan fingerprint density at radius 3 is 2.53 bits per heavy atom. The molecule has 3 heteroatoms. The molecule has 0 amide bonds. The third-order valence-corrected chi connectivity index (χ3v) is 3.41. The van der Waals surface area contributed by atoms with Gasteiger partial charge >= 0.3 is 0 Å². The second kappa shape index (κ2) is 6.05. The van der Waals surface area contributed by atoms with Gasteiger partial charge in [-0.15, -0.1) is 0 Å². The SMILES string of the molecule is Cc1cccc(C=CC(=O)c2ccc(Cl)c(Cl)c2)c1. The predicted molar refractivity (Wildman–Crippen MR) is 81.0 cm³/mol. The highest BCUT2D eigenvalue weighted by atomic mass is 35.5. The summed E-state index contributed by atoms with van der Waals surface area (Å²) < 4.78 is 0. The fraction of sp³-hybridized carbons (Fsp3) is 0.0625. The smallest absolute Gasteiger partial charge is 0.185 e. The number of benzene rings is 2. The van der Waals surface area contributed by atoms with E-state index in [1.807, 2.05) is 31.2 Å². The van der Waals surface area contributed by atoms with Crippen LogP contribution in [0, 0.1) is 6.92 Å². The van der Waals surface area contributed by atoms with Crippen molar-refractivity contribution in [2.24, 2.45) is 0 Å². The lowest BCUT2D eigenvalue weighted by Gasteiger charge is -1.99. The van der Waals surface area contributed by atoms with Crippen molar-refractivity contribution in [3.63, 3.8) is 0 Å². The van der Waals surface area contributed by atoms with Gasteiger partial charge in [0.15, 0.2) is 5.78 Å². The van der Waals surface area contributed by atoms with E-state index in [0.29, 0.717) is 15.6 Å². The minimum atomic E-state index is -0.0972. The van der Waals surface area contributed by atoms with Gasteiger partial charge in [0.25, 0.3) is 0 Å². The molecule has 0 unspecified atom stereocenters. The Morgan fingerprint density at radius 2 is 1.84 bits per heavy atom. The second-order valence-corrected chi connectivity index (χ2v) is 5.06. The quantitative estimate of drug-likeness (QED) is 0.561. The molecule has 0 aliphatic carbocycles. The van der Waals surface area contributed by atoms with Crippen LogP contribution in [0.5, 0.6) is 0 Å². The minimum Gasteiger partial charge on any atom is -0.289 e. The molecule has 0 heterocycles. The molecule has 19 heavy (non-hydrogen) atoms. The molecule has 0 aliphatic heterocycles. The molecule has 2 aromatic rings. The fourth-order valence-electron chi connectivity index (χ4n) is 1.69. The van der Waals surface area contributed by atoms with Crippen molar-refractivity contribution in [3.8, 4) is 0 Å². The van der Waals surface area contributed by atoms with Crippen molar-refractivity contribution < 1.29 is 4.79 Å². The van der Waals surface area contributed by atoms with Crippen LogP contribution >= 0.6 is 23.2 Å². The molecular weight excluding hydrogens is 279 g/mol. The van der Waals surface area contributed by atoms with Crippen LogP contribution in [0.3, 0.4) is 0 Å². The standard InChI is InChI=1S/C16H12Cl2O/c1-11-3-2-4-12(9-11)5-8-16(19)13-6-7-14(17)15(18)10-13/h2-10H,1H3. The number of carbonyl (C=O) groups excluding carboxylic acids is 1. The summed E-state index contributed by atoms with van der Waals surface area (Å²) in [6.07, 6.45) is 3.33. The Labute approximate surface area is 122 Å². The Hall–Kier alpha value is -1.57. The number of hydrogen-bond acceptors (Lipinski definition) is 1. The van der Waals surface area contributed by atoms with E-state index in [-0.39, 0.29) is 5.78 Å². The highest BCUT2D eigenvalue weighted by Gasteiger charge is 2.04. The molecule has 96 valence electrons. The van der Waals surface area contributed by atoms with Crippen molar-refractivity contribution in [2.45, 2.75) is 6.92 Å². The van der Waals surface area contributed by atoms with Gasteiger partial charge in [-0.1, -0.05) is 59.1 Å². The van der Waals surface area contributed by atoms with E-state index >= 15 is 0 Å². The van der Waals surface area contributed by atoms with E-state index in [1.54, 1.807) is 24.3 Å². The van der Waals surface area contributed by atoms with Crippen LogP contribution in [0.2, 0.25) is 10.0 Å². The summed E-state index contributed by atoms with van der Waals surface area (Å²) in [4.78, 5) is 12.0. The average Bonchev–Trinajstić information content (AvgIpc) is 2.39. The van der Waals surface area contributed by atoms with E-state index in [1.165, 1.54) is 6.08 Å². The van der Waals surface area contributed by atoms with Gasteiger partial charge in [-0.3, -0.25) is 4.79 Å². The molecule has 0 radical (unpaired) electrons. The van der Waals surface area contributed by atoms with Crippen molar-refractivity contribution in [1.82, 2.24) is 0 Å². The molecule has 0 atom stereocenters. The summed E-state index contributed by atoms with van der Waals surface area (Å²) in [7, 11) is 0. The lowest BCUT2D eigenvalue weighted by atomic mass is 10.1. The Kier molecular flexibility index (Phi) is 4.41. The van der Waals surface area contributed by atoms with Gasteiger partial charge in [0.2, 0.25) is 0 Å². The van der Waals surface area contributed by atoms with E-state index in [9.17, 15) is 4.79 Å². The van der Waals surface area contributed by atoms with Crippen LogP contribution in [0.15, 0.2) is 48.5 Å². The lowest BCUT2D eigenvalue weighted by Crippen LogP contribution is -1.93. The summed E-state index contributed by atoms with van der Waals surface area (Å²) in [5, 5.41) is 0.831. The maximum atomic E-state index is 12.0. The number of aryl methyl sites for hydroxylation is 1. The van der Waals surface area contributed by atoms with Crippen LogP contribution < -0.4 is 0 Å². The third kappa shape index (κ3) is 3.69. The Morgan fingerprint density at radius 1 is 1.05 bits per heavy atom. The van der Waals surface area contributed by atoms with E-state index in [2.05, 4.69) is 0 Å². The lowest BCUT2D eigenvalue weighted by molar-refractivity contribution is 0.104. The Bertz CT molecular complexity index is 645. The van der Waals surface area contributed by atoms with Crippen molar-refractivity contribution in [1.29, 1.82) is 0 Å². The highest BCUT2D eigenvalue weighted by Crippen LogP contribution is 2.23. The molecule has 0 spiro atoms. The molecule has 0 aliphatic rings. The summed E-state index contributed by atoms with van der Waals surface area (Å²) in [6, 6.07) is 12.8. The largest absolute Gasteiger partial charge is 0.289 e. The van der Waals surface area contributed by atoms with Crippen LogP contribution in [0.4, 0.5) is 0 Å². The molecule has 1 nitrogen and oxygen atoms in total. The number of carbonyl (C=O) groups is 1. The highest BCUT2D eigenvalue weighted by molar-refractivity contribution is 6.42. The van der Waals surface area contributed by atoms with E-state index in [4.69, 9.17) is 23.2 Å². The molecule has 2 rings (SSSR count). The van der Waals surface area contributed by atoms with Crippen LogP contribution in [0.25, 0.3) is 6.08 Å². The van der Waals surface area contributed by atoms with Crippen LogP contribution in [-0.4, -0.2) is 5.78 Å². The zero-order chi connectivity index (χ0) is 13.8. The second-order valence-electron chi connectivity index (χ2n) is 4.24. The van der Waals surface area contributed by atoms with Gasteiger partial charge in [-0.2, -0.15) is 0 Å². The average molecular weight is 291 g/mol. The summed E-state index contributed by atoms with van der Waals surface area (Å²) >= 11 is 11.7. The molecule has 0 saturated carbocycles. The van der Waals surface area contributed by atoms with Gasteiger partial charge in [0.05, 0.1) is 10.0 Å². The normalized spacial score (nSPS) is 10.9. The number of halogens is 2. The van der Waals surface area contributed by atoms with Crippen molar-refractivity contribution in [3.05, 3.63) is 75.3 Å². The molecule has 0 saturated heterocycles. The number of rotatable bonds is 3. The van der Waals surface area contributed by atoms with Crippen LogP contribution in [-0.2, 0) is 0 Å². The number of ketones is 1. The maximum Gasteiger partial charge on any atom is 0.185 e. The van der Waals surface area contributed by atoms with Gasteiger partial charge < -0.3 is 0 Å². The number of allylic oxidation sites excluding steroid dienone is 1. The van der Waals surface area contributed by atoms with Gasteiger partial charge in [0, 0.05) is 5.56 Å². The summed E-state index contributed by atoms with van der Waals surface area (Å²) in [6.45, 7) is 2.01. The maximum absolute atomic E-state index is 12.0. The molecule has 0 N–H and O–H groups in total. The van der Waals surface area contributed by atoms with E-state index in [0.717, 1.165) is 11.1 Å². The zero-order valence-electron chi connectivity index (χ0n) is 10.4. The minimum absolute atomic E-state index is 0.0972. The van der Waals surface area contributed by atoms with Crippen molar-refractivity contribution >= 4 is 35.1 Å². The monoisotopic (exact) mass is 290 g/mol. The molecular formula is C16H12Cl2O. The molecule has 0 fully saturated rings. The van der Waals surface area contributed by atoms with E-state index < -0.39 is 0 Å². The van der Waals surface area contributed by atoms with Gasteiger partial charge in [-0.05, 0) is 36.8 Å². The third-order valence-electron chi connectivity index (χ3n) is 2.67. The first-order chi connectivity index (χ1) is 9.06. The molecule has 0 bridgehead atoms. The summed E-state index contributed by atoms with van der Waals surface area (Å²) in [5.41, 5.74) is 2.68. The summed E-state index contributed by atoms with van der Waals surface area (Å²) in [5.74, 6) is -0.0972. The topological polar surface area (TPSA) is 17.1 Å². The predicted octanol–water partition coefficient (Wildman–Crippen LogP) is 5.20. The first kappa shape index (κ1) is 13.9. The Balaban J connectivity index is 2.19. The molecule has 2 aromatic carbocycles. The van der Waals surface area contributed by atoms with Crippen LogP contribution in [0.1, 0.15) is 21.5 Å². The fourth-order valence-corrected chi connectivity index (χ4v) is 1.99. The first-order valence-corrected chi connectivity index (χ1v) is 6.56.